The van der Waals surface area contributed by atoms with Crippen LogP contribution in [0.3, 0.4) is 0 Å². The van der Waals surface area contributed by atoms with Gasteiger partial charge in [-0.3, -0.25) is 9.59 Å². The van der Waals surface area contributed by atoms with Crippen LogP contribution in [0.15, 0.2) is 60.2 Å². The van der Waals surface area contributed by atoms with E-state index in [4.69, 9.17) is 4.74 Å². The Labute approximate surface area is 237 Å². The van der Waals surface area contributed by atoms with Gasteiger partial charge in [-0.05, 0) is 66.6 Å². The van der Waals surface area contributed by atoms with Crippen molar-refractivity contribution >= 4 is 40.2 Å². The Balaban J connectivity index is 1.95. The van der Waals surface area contributed by atoms with Crippen LogP contribution in [0.25, 0.3) is 0 Å². The SMILES string of the molecule is CC(=O)CCCC(=O)N(Cc1ccc(C)cc1)[C@@H]1CC(C(=O)NCCO)=C[C@H](Oc2ccccc2I)[C@H]1O. The van der Waals surface area contributed by atoms with Crippen LogP contribution in [0.2, 0.25) is 0 Å². The Kier molecular flexibility index (Phi) is 11.3. The predicted octanol–water partition coefficient (Wildman–Crippen LogP) is 3.30. The van der Waals surface area contributed by atoms with E-state index in [1.807, 2.05) is 49.4 Å². The van der Waals surface area contributed by atoms with E-state index in [9.17, 15) is 24.6 Å². The standard InChI is InChI=1S/C29H35IN2O6/c1-19-10-12-21(13-11-19)18-32(27(35)9-5-6-20(2)34)24-16-22(29(37)31-14-15-33)17-26(28(24)36)38-25-8-4-3-7-23(25)30/h3-4,7-8,10-13,17,24,26,28,33,36H,5-6,9,14-16,18H2,1-2H3,(H,31,37)/t24-,26+,28+/m1/s1. The summed E-state index contributed by atoms with van der Waals surface area (Å²) in [7, 11) is 0. The molecule has 0 aliphatic heterocycles. The third-order valence-corrected chi connectivity index (χ3v) is 7.32. The molecular formula is C29H35IN2O6. The Morgan fingerprint density at radius 2 is 1.82 bits per heavy atom. The van der Waals surface area contributed by atoms with Crippen LogP contribution in [0.1, 0.15) is 43.7 Å². The molecule has 2 aromatic carbocycles. The maximum atomic E-state index is 13.5. The third kappa shape index (κ3) is 8.37. The molecule has 204 valence electrons. The van der Waals surface area contributed by atoms with E-state index in [2.05, 4.69) is 27.9 Å². The summed E-state index contributed by atoms with van der Waals surface area (Å²) in [6.45, 7) is 3.59. The summed E-state index contributed by atoms with van der Waals surface area (Å²) in [5.74, 6) is -0.0214. The molecule has 9 heteroatoms. The Hall–Kier alpha value is -2.76. The van der Waals surface area contributed by atoms with Crippen LogP contribution in [-0.4, -0.2) is 64.1 Å². The van der Waals surface area contributed by atoms with Crippen molar-refractivity contribution in [3.8, 4) is 5.75 Å². The van der Waals surface area contributed by atoms with Gasteiger partial charge in [0, 0.05) is 37.9 Å². The molecule has 2 aromatic rings. The van der Waals surface area contributed by atoms with Gasteiger partial charge in [-0.2, -0.15) is 0 Å². The van der Waals surface area contributed by atoms with Crippen molar-refractivity contribution in [1.82, 2.24) is 10.2 Å². The number of carbonyl (C=O) groups is 3. The summed E-state index contributed by atoms with van der Waals surface area (Å²) in [5, 5.41) is 23.4. The normalized spacial score (nSPS) is 18.9. The number of benzene rings is 2. The van der Waals surface area contributed by atoms with E-state index in [1.165, 1.54) is 6.92 Å². The lowest BCUT2D eigenvalue weighted by atomic mass is 9.87. The molecule has 0 radical (unpaired) electrons. The zero-order valence-corrected chi connectivity index (χ0v) is 23.9. The van der Waals surface area contributed by atoms with Gasteiger partial charge in [0.2, 0.25) is 11.8 Å². The monoisotopic (exact) mass is 634 g/mol. The van der Waals surface area contributed by atoms with Gasteiger partial charge in [0.25, 0.3) is 0 Å². The number of amides is 2. The first-order chi connectivity index (χ1) is 18.2. The largest absolute Gasteiger partial charge is 0.482 e. The summed E-state index contributed by atoms with van der Waals surface area (Å²) in [4.78, 5) is 39.5. The number of nitrogens with zero attached hydrogens (tertiary/aromatic N) is 1. The summed E-state index contributed by atoms with van der Waals surface area (Å²) < 4.78 is 7.02. The van der Waals surface area contributed by atoms with Gasteiger partial charge in [-0.25, -0.2) is 0 Å². The Bertz CT molecular complexity index is 1150. The Morgan fingerprint density at radius 1 is 1.11 bits per heavy atom. The number of aliphatic hydroxyl groups excluding tert-OH is 2. The number of hydrogen-bond donors (Lipinski definition) is 3. The molecule has 38 heavy (non-hydrogen) atoms. The van der Waals surface area contributed by atoms with Gasteiger partial charge in [0.05, 0.1) is 16.2 Å². The van der Waals surface area contributed by atoms with Crippen molar-refractivity contribution in [2.45, 2.75) is 64.3 Å². The molecule has 0 spiro atoms. The first kappa shape index (κ1) is 29.8. The maximum absolute atomic E-state index is 13.5. The number of aryl methyl sites for hydroxylation is 1. The first-order valence-corrected chi connectivity index (χ1v) is 13.8. The minimum Gasteiger partial charge on any atom is -0.482 e. The topological polar surface area (TPSA) is 116 Å². The second kappa shape index (κ2) is 14.4. The fourth-order valence-corrected chi connectivity index (χ4v) is 4.89. The molecule has 3 N–H and O–H groups in total. The van der Waals surface area contributed by atoms with Crippen LogP contribution in [0, 0.1) is 10.5 Å². The number of hydrogen-bond acceptors (Lipinski definition) is 6. The van der Waals surface area contributed by atoms with Gasteiger partial charge in [-0.15, -0.1) is 0 Å². The number of aliphatic hydroxyl groups is 2. The Morgan fingerprint density at radius 3 is 2.47 bits per heavy atom. The highest BCUT2D eigenvalue weighted by atomic mass is 127. The number of ether oxygens (including phenoxy) is 1. The average molecular weight is 635 g/mol. The van der Waals surface area contributed by atoms with Crippen LogP contribution in [-0.2, 0) is 20.9 Å². The van der Waals surface area contributed by atoms with Crippen LogP contribution in [0.5, 0.6) is 5.75 Å². The van der Waals surface area contributed by atoms with Gasteiger partial charge in [0.15, 0.2) is 0 Å². The van der Waals surface area contributed by atoms with E-state index in [0.717, 1.165) is 14.7 Å². The molecule has 3 rings (SSSR count). The number of halogens is 1. The summed E-state index contributed by atoms with van der Waals surface area (Å²) in [5.41, 5.74) is 2.34. The molecule has 0 saturated carbocycles. The fourth-order valence-electron chi connectivity index (χ4n) is 4.38. The van der Waals surface area contributed by atoms with E-state index >= 15 is 0 Å². The zero-order valence-electron chi connectivity index (χ0n) is 21.7. The molecule has 0 heterocycles. The predicted molar refractivity (Wildman–Crippen MR) is 152 cm³/mol. The van der Waals surface area contributed by atoms with Gasteiger partial charge in [0.1, 0.15) is 23.7 Å². The van der Waals surface area contributed by atoms with Crippen LogP contribution in [0.4, 0.5) is 0 Å². The highest BCUT2D eigenvalue weighted by Gasteiger charge is 2.40. The molecule has 0 unspecified atom stereocenters. The second-order valence-corrected chi connectivity index (χ2v) is 10.7. The lowest BCUT2D eigenvalue weighted by Crippen LogP contribution is -2.54. The molecular weight excluding hydrogens is 599 g/mol. The highest BCUT2D eigenvalue weighted by Crippen LogP contribution is 2.31. The van der Waals surface area contributed by atoms with Crippen molar-refractivity contribution < 1.29 is 29.3 Å². The molecule has 0 aromatic heterocycles. The number of nitrogens with one attached hydrogen (secondary N) is 1. The van der Waals surface area contributed by atoms with E-state index < -0.39 is 18.2 Å². The molecule has 0 bridgehead atoms. The van der Waals surface area contributed by atoms with Crippen LogP contribution < -0.4 is 10.1 Å². The minimum absolute atomic E-state index is 0.0114. The second-order valence-electron chi connectivity index (χ2n) is 9.51. The molecule has 1 aliphatic carbocycles. The smallest absolute Gasteiger partial charge is 0.247 e. The average Bonchev–Trinajstić information content (AvgIpc) is 2.89. The van der Waals surface area contributed by atoms with Gasteiger partial charge in [-0.1, -0.05) is 42.0 Å². The van der Waals surface area contributed by atoms with Crippen molar-refractivity contribution in [3.63, 3.8) is 0 Å². The summed E-state index contributed by atoms with van der Waals surface area (Å²) >= 11 is 2.14. The number of rotatable bonds is 12. The van der Waals surface area contributed by atoms with E-state index in [0.29, 0.717) is 24.2 Å². The van der Waals surface area contributed by atoms with E-state index in [1.54, 1.807) is 17.0 Å². The fraction of sp³-hybridized carbons (Fsp3) is 0.414. The lowest BCUT2D eigenvalue weighted by molar-refractivity contribution is -0.139. The van der Waals surface area contributed by atoms with Crippen molar-refractivity contribution in [2.24, 2.45) is 0 Å². The molecule has 1 aliphatic rings. The summed E-state index contributed by atoms with van der Waals surface area (Å²) in [6.07, 6.45) is 0.572. The zero-order chi connectivity index (χ0) is 27.7. The van der Waals surface area contributed by atoms with Gasteiger partial charge < -0.3 is 30.0 Å². The molecule has 0 fully saturated rings. The molecule has 2 amide bonds. The number of carbonyl (C=O) groups excluding carboxylic acids is 3. The number of ketones is 1. The quantitative estimate of drug-likeness (QED) is 0.309. The molecule has 0 saturated heterocycles. The van der Waals surface area contributed by atoms with Crippen molar-refractivity contribution in [3.05, 3.63) is 74.9 Å². The number of para-hydroxylation sites is 1. The highest BCUT2D eigenvalue weighted by molar-refractivity contribution is 14.1. The lowest BCUT2D eigenvalue weighted by Gasteiger charge is -2.40. The van der Waals surface area contributed by atoms with Crippen LogP contribution >= 0.6 is 22.6 Å². The van der Waals surface area contributed by atoms with Crippen molar-refractivity contribution in [2.75, 3.05) is 13.2 Å². The third-order valence-electron chi connectivity index (χ3n) is 6.43. The van der Waals surface area contributed by atoms with E-state index in [-0.39, 0.29) is 50.1 Å². The minimum atomic E-state index is -1.11. The number of Topliss-reactive ketones (excluding diaryl/α,β-unsaturated/α-hetero) is 1. The van der Waals surface area contributed by atoms with Gasteiger partial charge >= 0.3 is 0 Å². The summed E-state index contributed by atoms with van der Waals surface area (Å²) in [6, 6.07) is 14.4. The molecule has 3 atom stereocenters. The first-order valence-electron chi connectivity index (χ1n) is 12.7. The maximum Gasteiger partial charge on any atom is 0.247 e. The van der Waals surface area contributed by atoms with Crippen molar-refractivity contribution in [1.29, 1.82) is 0 Å². The molecule has 8 nitrogen and oxygen atoms in total.